The van der Waals surface area contributed by atoms with Crippen LogP contribution in [0.3, 0.4) is 0 Å². The fourth-order valence-electron chi connectivity index (χ4n) is 2.20. The van der Waals surface area contributed by atoms with Crippen molar-refractivity contribution in [3.63, 3.8) is 0 Å². The third-order valence-corrected chi connectivity index (χ3v) is 4.94. The average Bonchev–Trinajstić information content (AvgIpc) is 2.66. The van der Waals surface area contributed by atoms with E-state index in [0.717, 1.165) is 0 Å². The van der Waals surface area contributed by atoms with E-state index >= 15 is 0 Å². The number of methoxy groups -OCH3 is 2. The Hall–Kier alpha value is -3.11. The number of hydrogen-bond donors (Lipinski definition) is 4. The van der Waals surface area contributed by atoms with Crippen molar-refractivity contribution >= 4 is 27.5 Å². The van der Waals surface area contributed by atoms with E-state index in [0.29, 0.717) is 17.0 Å². The van der Waals surface area contributed by atoms with Gasteiger partial charge in [0.25, 0.3) is 0 Å². The maximum atomic E-state index is 12.4. The molecule has 1 amide bonds. The molecule has 0 radical (unpaired) electrons. The van der Waals surface area contributed by atoms with Gasteiger partial charge in [-0.25, -0.2) is 13.1 Å². The van der Waals surface area contributed by atoms with E-state index in [1.54, 1.807) is 18.2 Å². The van der Waals surface area contributed by atoms with E-state index in [-0.39, 0.29) is 16.5 Å². The highest BCUT2D eigenvalue weighted by molar-refractivity contribution is 7.89. The fourth-order valence-corrected chi connectivity index (χ4v) is 3.19. The summed E-state index contributed by atoms with van der Waals surface area (Å²) in [7, 11) is -1.09. The summed E-state index contributed by atoms with van der Waals surface area (Å²) in [4.78, 5) is 12.0. The maximum absolute atomic E-state index is 12.4. The summed E-state index contributed by atoms with van der Waals surface area (Å²) in [6.07, 6.45) is 0. The van der Waals surface area contributed by atoms with Crippen LogP contribution in [0.25, 0.3) is 0 Å². The highest BCUT2D eigenvalue weighted by Crippen LogP contribution is 2.29. The molecule has 0 bridgehead atoms. The van der Waals surface area contributed by atoms with Crippen LogP contribution in [-0.2, 0) is 14.8 Å². The van der Waals surface area contributed by atoms with Gasteiger partial charge < -0.3 is 20.5 Å². The number of amidine groups is 1. The Morgan fingerprint density at radius 1 is 1.11 bits per heavy atom. The number of amides is 1. The molecule has 10 heteroatoms. The third kappa shape index (κ3) is 5.19. The van der Waals surface area contributed by atoms with E-state index in [9.17, 15) is 13.2 Å². The molecule has 0 saturated heterocycles. The van der Waals surface area contributed by atoms with Crippen LogP contribution in [0.5, 0.6) is 11.5 Å². The Labute approximate surface area is 157 Å². The summed E-state index contributed by atoms with van der Waals surface area (Å²) in [5.74, 6) is -0.0644. The maximum Gasteiger partial charge on any atom is 0.241 e. The molecule has 0 saturated carbocycles. The number of carbonyl (C=O) groups excluding carboxylic acids is 1. The SMILES string of the molecule is COc1ccc(S(=O)(=O)NCC(=O)Nc2cccc(C(=N)N)c2)cc1OC. The number of sulfonamides is 1. The van der Waals surface area contributed by atoms with Crippen LogP contribution in [0.4, 0.5) is 5.69 Å². The first-order valence-electron chi connectivity index (χ1n) is 7.73. The molecule has 27 heavy (non-hydrogen) atoms. The zero-order valence-corrected chi connectivity index (χ0v) is 15.6. The lowest BCUT2D eigenvalue weighted by atomic mass is 10.2. The Kier molecular flexibility index (Phi) is 6.37. The van der Waals surface area contributed by atoms with E-state index in [4.69, 9.17) is 20.6 Å². The lowest BCUT2D eigenvalue weighted by molar-refractivity contribution is -0.115. The Balaban J connectivity index is 2.05. The van der Waals surface area contributed by atoms with Gasteiger partial charge in [-0.05, 0) is 24.3 Å². The molecule has 0 aliphatic heterocycles. The van der Waals surface area contributed by atoms with Gasteiger partial charge in [0, 0.05) is 17.3 Å². The molecule has 0 aliphatic rings. The molecule has 0 unspecified atom stereocenters. The fraction of sp³-hybridized carbons (Fsp3) is 0.176. The number of carbonyl (C=O) groups is 1. The molecule has 2 aromatic carbocycles. The Morgan fingerprint density at radius 2 is 1.81 bits per heavy atom. The quantitative estimate of drug-likeness (QED) is 0.388. The van der Waals surface area contributed by atoms with Crippen molar-refractivity contribution in [1.29, 1.82) is 5.41 Å². The second-order valence-corrected chi connectivity index (χ2v) is 7.15. The molecule has 5 N–H and O–H groups in total. The number of benzene rings is 2. The molecule has 9 nitrogen and oxygen atoms in total. The Morgan fingerprint density at radius 3 is 2.44 bits per heavy atom. The van der Waals surface area contributed by atoms with Gasteiger partial charge in [0.15, 0.2) is 11.5 Å². The van der Waals surface area contributed by atoms with Crippen molar-refractivity contribution < 1.29 is 22.7 Å². The normalized spacial score (nSPS) is 10.9. The summed E-state index contributed by atoms with van der Waals surface area (Å²) >= 11 is 0. The zero-order valence-electron chi connectivity index (χ0n) is 14.8. The largest absolute Gasteiger partial charge is 0.493 e. The van der Waals surface area contributed by atoms with Gasteiger partial charge in [0.1, 0.15) is 5.84 Å². The molecule has 2 aromatic rings. The lowest BCUT2D eigenvalue weighted by Gasteiger charge is -2.11. The minimum absolute atomic E-state index is 0.0634. The van der Waals surface area contributed by atoms with E-state index in [2.05, 4.69) is 10.0 Å². The van der Waals surface area contributed by atoms with Gasteiger partial charge in [-0.3, -0.25) is 10.2 Å². The molecule has 2 rings (SSSR count). The van der Waals surface area contributed by atoms with Gasteiger partial charge in [-0.15, -0.1) is 0 Å². The molecule has 0 spiro atoms. The number of hydrogen-bond acceptors (Lipinski definition) is 6. The number of nitrogen functional groups attached to an aromatic ring is 1. The third-order valence-electron chi connectivity index (χ3n) is 3.55. The van der Waals surface area contributed by atoms with Crippen LogP contribution in [0.2, 0.25) is 0 Å². The van der Waals surface area contributed by atoms with Gasteiger partial charge in [0.05, 0.1) is 25.7 Å². The van der Waals surface area contributed by atoms with Crippen LogP contribution < -0.4 is 25.2 Å². The monoisotopic (exact) mass is 392 g/mol. The first kappa shape index (κ1) is 20.2. The van der Waals surface area contributed by atoms with E-state index in [1.807, 2.05) is 0 Å². The summed E-state index contributed by atoms with van der Waals surface area (Å²) in [6, 6.07) is 10.5. The van der Waals surface area contributed by atoms with Gasteiger partial charge in [-0.2, -0.15) is 0 Å². The summed E-state index contributed by atoms with van der Waals surface area (Å²) in [6.45, 7) is -0.471. The predicted molar refractivity (Wildman–Crippen MR) is 101 cm³/mol. The number of rotatable bonds is 8. The first-order chi connectivity index (χ1) is 12.8. The van der Waals surface area contributed by atoms with Crippen molar-refractivity contribution in [1.82, 2.24) is 4.72 Å². The van der Waals surface area contributed by atoms with Crippen LogP contribution >= 0.6 is 0 Å². The lowest BCUT2D eigenvalue weighted by Crippen LogP contribution is -2.33. The summed E-state index contributed by atoms with van der Waals surface area (Å²) < 4.78 is 37.1. The molecule has 0 fully saturated rings. The highest BCUT2D eigenvalue weighted by atomic mass is 32.2. The number of anilines is 1. The predicted octanol–water partition coefficient (Wildman–Crippen LogP) is 0.905. The smallest absolute Gasteiger partial charge is 0.241 e. The number of ether oxygens (including phenoxy) is 2. The highest BCUT2D eigenvalue weighted by Gasteiger charge is 2.18. The van der Waals surface area contributed by atoms with Gasteiger partial charge >= 0.3 is 0 Å². The van der Waals surface area contributed by atoms with Crippen LogP contribution in [-0.4, -0.2) is 40.9 Å². The van der Waals surface area contributed by atoms with Crippen molar-refractivity contribution in [2.45, 2.75) is 4.90 Å². The molecule has 144 valence electrons. The topological polar surface area (TPSA) is 144 Å². The van der Waals surface area contributed by atoms with E-state index in [1.165, 1.54) is 38.5 Å². The zero-order chi connectivity index (χ0) is 20.0. The molecule has 0 aromatic heterocycles. The Bertz CT molecular complexity index is 960. The van der Waals surface area contributed by atoms with Crippen LogP contribution in [0, 0.1) is 5.41 Å². The average molecular weight is 392 g/mol. The van der Waals surface area contributed by atoms with Gasteiger partial charge in [-0.1, -0.05) is 12.1 Å². The number of nitrogens with one attached hydrogen (secondary N) is 3. The molecule has 0 atom stereocenters. The van der Waals surface area contributed by atoms with Crippen LogP contribution in [0.1, 0.15) is 5.56 Å². The molecular weight excluding hydrogens is 372 g/mol. The minimum atomic E-state index is -3.93. The molecule has 0 heterocycles. The first-order valence-corrected chi connectivity index (χ1v) is 9.21. The van der Waals surface area contributed by atoms with Crippen LogP contribution in [0.15, 0.2) is 47.4 Å². The molecular formula is C17H20N4O5S. The second-order valence-electron chi connectivity index (χ2n) is 5.38. The summed E-state index contributed by atoms with van der Waals surface area (Å²) in [5, 5.41) is 9.93. The standard InChI is InChI=1S/C17H20N4O5S/c1-25-14-7-6-13(9-15(14)26-2)27(23,24)20-10-16(22)21-12-5-3-4-11(8-12)17(18)19/h3-9,20H,10H2,1-2H3,(H3,18,19)(H,21,22). The second kappa shape index (κ2) is 8.52. The van der Waals surface area contributed by atoms with Crippen molar-refractivity contribution in [3.05, 3.63) is 48.0 Å². The van der Waals surface area contributed by atoms with Gasteiger partial charge in [0.2, 0.25) is 15.9 Å². The summed E-state index contributed by atoms with van der Waals surface area (Å²) in [5.41, 5.74) is 6.24. The molecule has 0 aliphatic carbocycles. The van der Waals surface area contributed by atoms with Crippen molar-refractivity contribution in [3.8, 4) is 11.5 Å². The minimum Gasteiger partial charge on any atom is -0.493 e. The van der Waals surface area contributed by atoms with E-state index < -0.39 is 22.5 Å². The van der Waals surface area contributed by atoms with Crippen molar-refractivity contribution in [2.24, 2.45) is 5.73 Å². The number of nitrogens with two attached hydrogens (primary N) is 1. The van der Waals surface area contributed by atoms with Crippen molar-refractivity contribution in [2.75, 3.05) is 26.1 Å².